The van der Waals surface area contributed by atoms with E-state index in [1.807, 2.05) is 6.92 Å². The van der Waals surface area contributed by atoms with Crippen LogP contribution in [0.1, 0.15) is 12.8 Å². The fourth-order valence-corrected chi connectivity index (χ4v) is 1.76. The Hall–Kier alpha value is -1.63. The Labute approximate surface area is 99.3 Å². The quantitative estimate of drug-likeness (QED) is 0.758. The first-order valence-corrected chi connectivity index (χ1v) is 5.68. The zero-order chi connectivity index (χ0) is 12.1. The van der Waals surface area contributed by atoms with Gasteiger partial charge < -0.3 is 14.1 Å². The zero-order valence-electron chi connectivity index (χ0n) is 9.83. The molecule has 1 aromatic rings. The fourth-order valence-electron chi connectivity index (χ4n) is 1.76. The summed E-state index contributed by atoms with van der Waals surface area (Å²) >= 11 is 0. The minimum absolute atomic E-state index is 0.232. The maximum Gasteiger partial charge on any atom is 0.409 e. The van der Waals surface area contributed by atoms with Gasteiger partial charge in [0.1, 0.15) is 0 Å². The lowest BCUT2D eigenvalue weighted by atomic mass is 10.3. The van der Waals surface area contributed by atoms with Crippen LogP contribution in [0.25, 0.3) is 0 Å². The SMILES string of the molecule is CCOC(=O)N1CCN(Cc2nnco2)CC1. The molecule has 2 heterocycles. The van der Waals surface area contributed by atoms with Crippen molar-refractivity contribution in [3.63, 3.8) is 0 Å². The summed E-state index contributed by atoms with van der Waals surface area (Å²) in [5.41, 5.74) is 0. The van der Waals surface area contributed by atoms with E-state index in [4.69, 9.17) is 9.15 Å². The van der Waals surface area contributed by atoms with E-state index >= 15 is 0 Å². The molecule has 7 nitrogen and oxygen atoms in total. The molecule has 0 bridgehead atoms. The molecule has 1 aliphatic heterocycles. The van der Waals surface area contributed by atoms with Gasteiger partial charge in [0.25, 0.3) is 0 Å². The highest BCUT2D eigenvalue weighted by molar-refractivity contribution is 5.67. The summed E-state index contributed by atoms with van der Waals surface area (Å²) in [4.78, 5) is 15.4. The second kappa shape index (κ2) is 5.62. The summed E-state index contributed by atoms with van der Waals surface area (Å²) < 4.78 is 10.0. The smallest absolute Gasteiger partial charge is 0.409 e. The van der Waals surface area contributed by atoms with Crippen LogP contribution in [-0.4, -0.2) is 58.9 Å². The van der Waals surface area contributed by atoms with Gasteiger partial charge >= 0.3 is 6.09 Å². The van der Waals surface area contributed by atoms with Crippen molar-refractivity contribution in [2.45, 2.75) is 13.5 Å². The predicted octanol–water partition coefficient (Wildman–Crippen LogP) is 0.344. The van der Waals surface area contributed by atoms with E-state index in [0.717, 1.165) is 13.1 Å². The second-order valence-electron chi connectivity index (χ2n) is 3.79. The Morgan fingerprint density at radius 1 is 1.47 bits per heavy atom. The Morgan fingerprint density at radius 2 is 2.24 bits per heavy atom. The molecule has 1 saturated heterocycles. The monoisotopic (exact) mass is 240 g/mol. The summed E-state index contributed by atoms with van der Waals surface area (Å²) in [5.74, 6) is 0.606. The molecule has 17 heavy (non-hydrogen) atoms. The number of rotatable bonds is 3. The Kier molecular flexibility index (Phi) is 3.92. The van der Waals surface area contributed by atoms with E-state index in [0.29, 0.717) is 32.1 Å². The number of amides is 1. The number of aromatic nitrogens is 2. The van der Waals surface area contributed by atoms with Gasteiger partial charge in [0.2, 0.25) is 12.3 Å². The van der Waals surface area contributed by atoms with Gasteiger partial charge in [-0.3, -0.25) is 4.90 Å². The molecule has 2 rings (SSSR count). The summed E-state index contributed by atoms with van der Waals surface area (Å²) in [6.07, 6.45) is 1.09. The molecule has 1 aromatic heterocycles. The van der Waals surface area contributed by atoms with Gasteiger partial charge in [-0.15, -0.1) is 10.2 Å². The molecule has 94 valence electrons. The molecular weight excluding hydrogens is 224 g/mol. The summed E-state index contributed by atoms with van der Waals surface area (Å²) in [6.45, 7) is 5.80. The highest BCUT2D eigenvalue weighted by Crippen LogP contribution is 2.07. The number of piperazine rings is 1. The molecule has 1 fully saturated rings. The van der Waals surface area contributed by atoms with Gasteiger partial charge in [-0.05, 0) is 6.92 Å². The topological polar surface area (TPSA) is 71.7 Å². The maximum absolute atomic E-state index is 11.5. The lowest BCUT2D eigenvalue weighted by molar-refractivity contribution is 0.0755. The number of nitrogens with zero attached hydrogens (tertiary/aromatic N) is 4. The minimum atomic E-state index is -0.232. The van der Waals surface area contributed by atoms with E-state index in [2.05, 4.69) is 15.1 Å². The summed E-state index contributed by atoms with van der Waals surface area (Å²) in [5, 5.41) is 7.46. The van der Waals surface area contributed by atoms with Crippen LogP contribution in [0.2, 0.25) is 0 Å². The lowest BCUT2D eigenvalue weighted by Crippen LogP contribution is -2.48. The van der Waals surface area contributed by atoms with E-state index < -0.39 is 0 Å². The van der Waals surface area contributed by atoms with E-state index in [1.165, 1.54) is 6.39 Å². The first-order valence-electron chi connectivity index (χ1n) is 5.68. The van der Waals surface area contributed by atoms with Gasteiger partial charge in [-0.2, -0.15) is 0 Å². The van der Waals surface area contributed by atoms with Crippen LogP contribution < -0.4 is 0 Å². The van der Waals surface area contributed by atoms with Gasteiger partial charge in [0, 0.05) is 26.2 Å². The first-order chi connectivity index (χ1) is 8.29. The van der Waals surface area contributed by atoms with Crippen molar-refractivity contribution in [3.8, 4) is 0 Å². The Morgan fingerprint density at radius 3 is 2.82 bits per heavy atom. The third-order valence-electron chi connectivity index (χ3n) is 2.66. The van der Waals surface area contributed by atoms with Crippen molar-refractivity contribution < 1.29 is 13.9 Å². The molecule has 0 unspecified atom stereocenters. The van der Waals surface area contributed by atoms with Crippen molar-refractivity contribution in [3.05, 3.63) is 12.3 Å². The predicted molar refractivity (Wildman–Crippen MR) is 58.2 cm³/mol. The summed E-state index contributed by atoms with van der Waals surface area (Å²) in [7, 11) is 0. The van der Waals surface area contributed by atoms with Crippen molar-refractivity contribution in [2.75, 3.05) is 32.8 Å². The largest absolute Gasteiger partial charge is 0.450 e. The molecule has 7 heteroatoms. The highest BCUT2D eigenvalue weighted by atomic mass is 16.6. The Balaban J connectivity index is 1.76. The van der Waals surface area contributed by atoms with Crippen molar-refractivity contribution >= 4 is 6.09 Å². The number of carbonyl (C=O) groups is 1. The van der Waals surface area contributed by atoms with E-state index in [-0.39, 0.29) is 6.09 Å². The average Bonchev–Trinajstić information content (AvgIpc) is 2.83. The fraction of sp³-hybridized carbons (Fsp3) is 0.700. The van der Waals surface area contributed by atoms with Gasteiger partial charge in [-0.1, -0.05) is 0 Å². The lowest BCUT2D eigenvalue weighted by Gasteiger charge is -2.33. The third kappa shape index (κ3) is 3.16. The molecule has 0 spiro atoms. The first kappa shape index (κ1) is 11.8. The molecule has 0 radical (unpaired) electrons. The third-order valence-corrected chi connectivity index (χ3v) is 2.66. The van der Waals surface area contributed by atoms with E-state index in [1.54, 1.807) is 4.90 Å². The minimum Gasteiger partial charge on any atom is -0.450 e. The van der Waals surface area contributed by atoms with Crippen LogP contribution >= 0.6 is 0 Å². The average molecular weight is 240 g/mol. The van der Waals surface area contributed by atoms with Crippen LogP contribution in [0.5, 0.6) is 0 Å². The number of ether oxygens (including phenoxy) is 1. The molecule has 1 amide bonds. The zero-order valence-corrected chi connectivity index (χ0v) is 9.83. The van der Waals surface area contributed by atoms with Crippen LogP contribution in [0.15, 0.2) is 10.8 Å². The number of hydrogen-bond donors (Lipinski definition) is 0. The van der Waals surface area contributed by atoms with Crippen LogP contribution in [0.3, 0.4) is 0 Å². The highest BCUT2D eigenvalue weighted by Gasteiger charge is 2.22. The standard InChI is InChI=1S/C10H16N4O3/c1-2-16-10(15)14-5-3-13(4-6-14)7-9-12-11-8-17-9/h8H,2-7H2,1H3. The number of carbonyl (C=O) groups excluding carboxylic acids is 1. The van der Waals surface area contributed by atoms with Gasteiger partial charge in [0.05, 0.1) is 13.2 Å². The molecule has 0 atom stereocenters. The van der Waals surface area contributed by atoms with Crippen LogP contribution in [0.4, 0.5) is 4.79 Å². The normalized spacial score (nSPS) is 17.1. The van der Waals surface area contributed by atoms with Crippen molar-refractivity contribution in [1.29, 1.82) is 0 Å². The molecule has 0 aromatic carbocycles. The van der Waals surface area contributed by atoms with Crippen molar-refractivity contribution in [1.82, 2.24) is 20.0 Å². The number of hydrogen-bond acceptors (Lipinski definition) is 6. The molecule has 0 saturated carbocycles. The van der Waals surface area contributed by atoms with Crippen LogP contribution in [0, 0.1) is 0 Å². The van der Waals surface area contributed by atoms with Crippen molar-refractivity contribution in [2.24, 2.45) is 0 Å². The van der Waals surface area contributed by atoms with E-state index in [9.17, 15) is 4.79 Å². The summed E-state index contributed by atoms with van der Waals surface area (Å²) in [6, 6.07) is 0. The molecule has 0 N–H and O–H groups in total. The van der Waals surface area contributed by atoms with Gasteiger partial charge in [-0.25, -0.2) is 4.79 Å². The molecule has 0 aliphatic carbocycles. The van der Waals surface area contributed by atoms with Crippen LogP contribution in [-0.2, 0) is 11.3 Å². The maximum atomic E-state index is 11.5. The van der Waals surface area contributed by atoms with Gasteiger partial charge in [0.15, 0.2) is 0 Å². The second-order valence-corrected chi connectivity index (χ2v) is 3.79. The molecule has 1 aliphatic rings. The Bertz CT molecular complexity index is 346. The molecular formula is C10H16N4O3.